The topological polar surface area (TPSA) is 38.3 Å². The van der Waals surface area contributed by atoms with Gasteiger partial charge in [0.2, 0.25) is 0 Å². The second kappa shape index (κ2) is 8.22. The van der Waals surface area contributed by atoms with Gasteiger partial charge in [-0.15, -0.1) is 0 Å². The fourth-order valence-electron chi connectivity index (χ4n) is 3.11. The standard InChI is InChI=1S/C23H27NO2/c1-16(2)20-10-7-11-21(17(3)19-12-13-19)22(20)26-23(25)24-15-14-18-8-5-4-6-9-18/h4-11,16,19H,3,12-15H2,1-2H3,(H,24,25). The summed E-state index contributed by atoms with van der Waals surface area (Å²) in [5, 5.41) is 2.87. The molecule has 0 heterocycles. The molecule has 1 aliphatic carbocycles. The van der Waals surface area contributed by atoms with Gasteiger partial charge in [-0.2, -0.15) is 0 Å². The van der Waals surface area contributed by atoms with Crippen LogP contribution >= 0.6 is 0 Å². The van der Waals surface area contributed by atoms with Crippen LogP contribution in [0.15, 0.2) is 55.1 Å². The Morgan fingerprint density at radius 3 is 2.54 bits per heavy atom. The van der Waals surface area contributed by atoms with Crippen LogP contribution in [-0.4, -0.2) is 12.6 Å². The Morgan fingerprint density at radius 2 is 1.88 bits per heavy atom. The van der Waals surface area contributed by atoms with Crippen LogP contribution < -0.4 is 10.1 Å². The van der Waals surface area contributed by atoms with Crippen molar-refractivity contribution >= 4 is 11.7 Å². The molecule has 1 N–H and O–H groups in total. The Bertz CT molecular complexity index is 776. The van der Waals surface area contributed by atoms with Gasteiger partial charge in [0.15, 0.2) is 0 Å². The lowest BCUT2D eigenvalue weighted by Crippen LogP contribution is -2.29. The molecule has 0 saturated heterocycles. The van der Waals surface area contributed by atoms with Crippen LogP contribution in [-0.2, 0) is 6.42 Å². The number of allylic oxidation sites excluding steroid dienone is 1. The summed E-state index contributed by atoms with van der Waals surface area (Å²) in [7, 11) is 0. The molecule has 0 radical (unpaired) electrons. The molecule has 0 atom stereocenters. The van der Waals surface area contributed by atoms with E-state index in [0.717, 1.165) is 23.1 Å². The van der Waals surface area contributed by atoms with E-state index in [2.05, 4.69) is 37.9 Å². The molecular formula is C23H27NO2. The highest BCUT2D eigenvalue weighted by molar-refractivity contribution is 5.78. The summed E-state index contributed by atoms with van der Waals surface area (Å²) in [5.41, 5.74) is 4.29. The SMILES string of the molecule is C=C(c1cccc(C(C)C)c1OC(=O)NCCc1ccccc1)C1CC1. The van der Waals surface area contributed by atoms with Gasteiger partial charge in [-0.3, -0.25) is 0 Å². The highest BCUT2D eigenvalue weighted by Crippen LogP contribution is 2.45. The molecule has 3 nitrogen and oxygen atoms in total. The van der Waals surface area contributed by atoms with Gasteiger partial charge in [-0.25, -0.2) is 4.79 Å². The summed E-state index contributed by atoms with van der Waals surface area (Å²) in [6.45, 7) is 9.01. The number of benzene rings is 2. The zero-order valence-electron chi connectivity index (χ0n) is 15.6. The molecule has 0 spiro atoms. The zero-order chi connectivity index (χ0) is 18.5. The number of ether oxygens (including phenoxy) is 1. The van der Waals surface area contributed by atoms with Crippen molar-refractivity contribution in [1.29, 1.82) is 0 Å². The summed E-state index contributed by atoms with van der Waals surface area (Å²) in [6, 6.07) is 16.2. The Balaban J connectivity index is 1.68. The first-order chi connectivity index (χ1) is 12.6. The Hall–Kier alpha value is -2.55. The fourth-order valence-corrected chi connectivity index (χ4v) is 3.11. The molecule has 1 amide bonds. The van der Waals surface area contributed by atoms with Crippen LogP contribution in [0.4, 0.5) is 4.79 Å². The molecule has 1 fully saturated rings. The van der Waals surface area contributed by atoms with Crippen molar-refractivity contribution in [1.82, 2.24) is 5.32 Å². The van der Waals surface area contributed by atoms with Crippen molar-refractivity contribution in [2.75, 3.05) is 6.54 Å². The largest absolute Gasteiger partial charge is 0.412 e. The van der Waals surface area contributed by atoms with Crippen LogP contribution in [0.25, 0.3) is 5.57 Å². The number of hydrogen-bond donors (Lipinski definition) is 1. The fraction of sp³-hybridized carbons (Fsp3) is 0.348. The molecule has 2 aromatic carbocycles. The normalized spacial score (nSPS) is 13.5. The van der Waals surface area contributed by atoms with Crippen LogP contribution in [0.2, 0.25) is 0 Å². The van der Waals surface area contributed by atoms with Gasteiger partial charge in [0.05, 0.1) is 0 Å². The summed E-state index contributed by atoms with van der Waals surface area (Å²) in [6.07, 6.45) is 2.73. The minimum atomic E-state index is -0.404. The van der Waals surface area contributed by atoms with Crippen LogP contribution in [0, 0.1) is 5.92 Å². The average Bonchev–Trinajstić information content (AvgIpc) is 3.47. The third-order valence-corrected chi connectivity index (χ3v) is 4.80. The second-order valence-corrected chi connectivity index (χ2v) is 7.23. The molecular weight excluding hydrogens is 322 g/mol. The molecule has 1 saturated carbocycles. The van der Waals surface area contributed by atoms with Crippen molar-refractivity contribution < 1.29 is 9.53 Å². The smallest absolute Gasteiger partial charge is 0.409 e. The highest BCUT2D eigenvalue weighted by Gasteiger charge is 2.28. The number of hydrogen-bond acceptors (Lipinski definition) is 2. The molecule has 1 aliphatic rings. The maximum absolute atomic E-state index is 12.4. The molecule has 0 unspecified atom stereocenters. The lowest BCUT2D eigenvalue weighted by molar-refractivity contribution is 0.200. The maximum atomic E-state index is 12.4. The van der Waals surface area contributed by atoms with E-state index < -0.39 is 6.09 Å². The van der Waals surface area contributed by atoms with E-state index >= 15 is 0 Å². The van der Waals surface area contributed by atoms with Gasteiger partial charge >= 0.3 is 6.09 Å². The van der Waals surface area contributed by atoms with Gasteiger partial charge in [0.1, 0.15) is 5.75 Å². The van der Waals surface area contributed by atoms with Crippen molar-refractivity contribution in [3.8, 4) is 5.75 Å². The van der Waals surface area contributed by atoms with Gasteiger partial charge in [-0.05, 0) is 47.8 Å². The summed E-state index contributed by atoms with van der Waals surface area (Å²) < 4.78 is 5.76. The van der Waals surface area contributed by atoms with Gasteiger partial charge in [0.25, 0.3) is 0 Å². The van der Waals surface area contributed by atoms with Crippen molar-refractivity contribution in [2.24, 2.45) is 5.92 Å². The molecule has 0 aliphatic heterocycles. The maximum Gasteiger partial charge on any atom is 0.412 e. The molecule has 0 aromatic heterocycles. The van der Waals surface area contributed by atoms with Crippen LogP contribution in [0.5, 0.6) is 5.75 Å². The number of rotatable bonds is 7. The van der Waals surface area contributed by atoms with Crippen molar-refractivity contribution in [2.45, 2.75) is 39.0 Å². The number of carbonyl (C=O) groups excluding carboxylic acids is 1. The van der Waals surface area contributed by atoms with E-state index in [1.54, 1.807) is 0 Å². The van der Waals surface area contributed by atoms with Crippen molar-refractivity contribution in [3.63, 3.8) is 0 Å². The summed E-state index contributed by atoms with van der Waals surface area (Å²) in [4.78, 5) is 12.4. The predicted molar refractivity (Wildman–Crippen MR) is 106 cm³/mol. The predicted octanol–water partition coefficient (Wildman–Crippen LogP) is 5.56. The second-order valence-electron chi connectivity index (χ2n) is 7.23. The first-order valence-electron chi connectivity index (χ1n) is 9.38. The van der Waals surface area contributed by atoms with Crippen LogP contribution in [0.3, 0.4) is 0 Å². The lowest BCUT2D eigenvalue weighted by Gasteiger charge is -2.18. The minimum Gasteiger partial charge on any atom is -0.409 e. The monoisotopic (exact) mass is 349 g/mol. The Kier molecular flexibility index (Phi) is 5.77. The van der Waals surface area contributed by atoms with Crippen molar-refractivity contribution in [3.05, 3.63) is 71.8 Å². The van der Waals surface area contributed by atoms with E-state index in [4.69, 9.17) is 4.74 Å². The summed E-state index contributed by atoms with van der Waals surface area (Å²) >= 11 is 0. The zero-order valence-corrected chi connectivity index (χ0v) is 15.6. The molecule has 0 bridgehead atoms. The van der Waals surface area contributed by atoms with E-state index in [1.165, 1.54) is 18.4 Å². The molecule has 26 heavy (non-hydrogen) atoms. The van der Waals surface area contributed by atoms with E-state index in [1.807, 2.05) is 36.4 Å². The third kappa shape index (κ3) is 4.54. The first-order valence-corrected chi connectivity index (χ1v) is 9.38. The third-order valence-electron chi connectivity index (χ3n) is 4.80. The van der Waals surface area contributed by atoms with Gasteiger partial charge in [-0.1, -0.05) is 69.0 Å². The highest BCUT2D eigenvalue weighted by atomic mass is 16.6. The number of para-hydroxylation sites is 1. The van der Waals surface area contributed by atoms with E-state index in [9.17, 15) is 4.79 Å². The van der Waals surface area contributed by atoms with Crippen LogP contribution in [0.1, 0.15) is 49.3 Å². The Morgan fingerprint density at radius 1 is 1.15 bits per heavy atom. The number of carbonyl (C=O) groups is 1. The van der Waals surface area contributed by atoms with E-state index in [0.29, 0.717) is 18.2 Å². The number of amides is 1. The molecule has 136 valence electrons. The quantitative estimate of drug-likeness (QED) is 0.710. The number of nitrogens with one attached hydrogen (secondary N) is 1. The first kappa shape index (κ1) is 18.2. The average molecular weight is 349 g/mol. The molecule has 2 aromatic rings. The van der Waals surface area contributed by atoms with E-state index in [-0.39, 0.29) is 5.92 Å². The molecule has 3 rings (SSSR count). The van der Waals surface area contributed by atoms with Gasteiger partial charge < -0.3 is 10.1 Å². The molecule has 3 heteroatoms. The lowest BCUT2D eigenvalue weighted by atomic mass is 9.94. The minimum absolute atomic E-state index is 0.272. The van der Waals surface area contributed by atoms with Gasteiger partial charge in [0, 0.05) is 12.1 Å². The Labute approximate surface area is 156 Å². The summed E-state index contributed by atoms with van der Waals surface area (Å²) in [5.74, 6) is 1.46.